The van der Waals surface area contributed by atoms with Gasteiger partial charge in [-0.1, -0.05) is 97.1 Å². The number of benzene rings is 6. The smallest absolute Gasteiger partial charge is 0.0974 e. The van der Waals surface area contributed by atoms with E-state index in [1.165, 1.54) is 43.1 Å². The van der Waals surface area contributed by atoms with Gasteiger partial charge >= 0.3 is 0 Å². The van der Waals surface area contributed by atoms with Crippen molar-refractivity contribution in [3.8, 4) is 0 Å². The van der Waals surface area contributed by atoms with Gasteiger partial charge in [0.2, 0.25) is 0 Å². The quantitative estimate of drug-likeness (QED) is 0.151. The fourth-order valence-electron chi connectivity index (χ4n) is 5.42. The molecule has 8 rings (SSSR count). The van der Waals surface area contributed by atoms with Crippen molar-refractivity contribution in [3.05, 3.63) is 121 Å². The fourth-order valence-corrected chi connectivity index (χ4v) is 5.42. The Hall–Kier alpha value is -4.31. The topological polar surface area (TPSA) is 51.6 Å². The minimum Gasteiger partial charge on any atom is -0.252 e. The third kappa shape index (κ3) is 4.21. The summed E-state index contributed by atoms with van der Waals surface area (Å²) in [6.07, 6.45) is 3.67. The van der Waals surface area contributed by atoms with Gasteiger partial charge in [0.05, 0.1) is 33.5 Å². The van der Waals surface area contributed by atoms with Crippen molar-refractivity contribution in [3.63, 3.8) is 0 Å². The first-order valence-electron chi connectivity index (χ1n) is 12.7. The molecule has 0 fully saturated rings. The maximum absolute atomic E-state index is 4.69. The number of fused-ring (bicyclic) bond motifs is 12. The fraction of sp³-hybridized carbons (Fsp3) is 0.0588. The molecule has 0 bridgehead atoms. The molecule has 2 heterocycles. The zero-order valence-corrected chi connectivity index (χ0v) is 23.9. The molecule has 0 aliphatic rings. The maximum Gasteiger partial charge on any atom is 0.0974 e. The second-order valence-electron chi connectivity index (χ2n) is 9.60. The average Bonchev–Trinajstić information content (AvgIpc) is 2.98. The molecule has 0 aliphatic heterocycles. The molecule has 1 radical (unpaired) electrons. The number of hydrogen-bond donors (Lipinski definition) is 0. The zero-order chi connectivity index (χ0) is 25.6. The van der Waals surface area contributed by atoms with Crippen LogP contribution in [0.3, 0.4) is 0 Å². The molecule has 0 unspecified atom stereocenters. The Morgan fingerprint density at radius 2 is 0.615 bits per heavy atom. The second-order valence-corrected chi connectivity index (χ2v) is 9.60. The Morgan fingerprint density at radius 3 is 0.923 bits per heavy atom. The Bertz CT molecular complexity index is 1940. The molecular weight excluding hydrogens is 657 g/mol. The van der Waals surface area contributed by atoms with Crippen LogP contribution in [0, 0.1) is 13.8 Å². The molecule has 5 heteroatoms. The van der Waals surface area contributed by atoms with E-state index in [9.17, 15) is 0 Å². The van der Waals surface area contributed by atoms with Crippen LogP contribution >= 0.6 is 0 Å². The number of aromatic nitrogens is 4. The van der Waals surface area contributed by atoms with Crippen molar-refractivity contribution >= 4 is 65.2 Å². The molecule has 0 atom stereocenters. The Kier molecular flexibility index (Phi) is 6.48. The van der Waals surface area contributed by atoms with E-state index in [0.717, 1.165) is 33.5 Å². The molecule has 0 aliphatic carbocycles. The third-order valence-corrected chi connectivity index (χ3v) is 7.09. The van der Waals surface area contributed by atoms with Gasteiger partial charge in [-0.25, -0.2) is 9.97 Å². The monoisotopic (exact) mass is 681 g/mol. The summed E-state index contributed by atoms with van der Waals surface area (Å²) in [7, 11) is 0. The molecule has 39 heavy (non-hydrogen) atoms. The standard InChI is InChI=1S/2C17H12N2.Ir/c2*1-11-10-18-16-14-8-4-2-6-12(14)13-7-3-5-9-15(13)17(16)19-11;/h2*2-10H,1H3;. The van der Waals surface area contributed by atoms with Crippen LogP contribution in [-0.4, -0.2) is 19.9 Å². The normalized spacial score (nSPS) is 11.1. The summed E-state index contributed by atoms with van der Waals surface area (Å²) in [6, 6.07) is 33.6. The van der Waals surface area contributed by atoms with Gasteiger partial charge in [-0.05, 0) is 35.4 Å². The van der Waals surface area contributed by atoms with E-state index in [2.05, 4.69) is 107 Å². The van der Waals surface area contributed by atoms with Crippen LogP contribution in [0.4, 0.5) is 0 Å². The van der Waals surface area contributed by atoms with Gasteiger partial charge in [0, 0.05) is 54.0 Å². The Labute approximate surface area is 239 Å². The van der Waals surface area contributed by atoms with E-state index < -0.39 is 0 Å². The molecule has 189 valence electrons. The maximum atomic E-state index is 4.69. The molecule has 0 amide bonds. The van der Waals surface area contributed by atoms with Crippen molar-refractivity contribution in [1.82, 2.24) is 19.9 Å². The first-order valence-corrected chi connectivity index (χ1v) is 12.7. The second kappa shape index (κ2) is 10.1. The SMILES string of the molecule is Cc1cnc2c3ccccc3c3ccccc3c2n1.Cc1cnc2c3ccccc3c3ccccc3c2n1.[Ir]. The molecule has 8 aromatic rings. The summed E-state index contributed by atoms with van der Waals surface area (Å²) in [4.78, 5) is 18.6. The van der Waals surface area contributed by atoms with Gasteiger partial charge in [-0.15, -0.1) is 0 Å². The molecule has 0 saturated heterocycles. The van der Waals surface area contributed by atoms with Gasteiger partial charge in [-0.2, -0.15) is 0 Å². The minimum absolute atomic E-state index is 0. The van der Waals surface area contributed by atoms with Gasteiger partial charge in [0.15, 0.2) is 0 Å². The predicted molar refractivity (Wildman–Crippen MR) is 159 cm³/mol. The summed E-state index contributed by atoms with van der Waals surface area (Å²) < 4.78 is 0. The van der Waals surface area contributed by atoms with Crippen LogP contribution in [0.15, 0.2) is 109 Å². The summed E-state index contributed by atoms with van der Waals surface area (Å²) >= 11 is 0. The summed E-state index contributed by atoms with van der Waals surface area (Å²) in [5, 5.41) is 9.65. The number of rotatable bonds is 0. The molecule has 4 nitrogen and oxygen atoms in total. The molecule has 6 aromatic carbocycles. The predicted octanol–water partition coefficient (Wildman–Crippen LogP) is 8.49. The van der Waals surface area contributed by atoms with Crippen LogP contribution in [0.25, 0.3) is 65.2 Å². The summed E-state index contributed by atoms with van der Waals surface area (Å²) in [6.45, 7) is 3.97. The van der Waals surface area contributed by atoms with Gasteiger partial charge in [0.1, 0.15) is 0 Å². The molecule has 0 saturated carbocycles. The number of hydrogen-bond acceptors (Lipinski definition) is 4. The average molecular weight is 681 g/mol. The third-order valence-electron chi connectivity index (χ3n) is 7.09. The number of aryl methyl sites for hydroxylation is 2. The van der Waals surface area contributed by atoms with Crippen LogP contribution in [0.5, 0.6) is 0 Å². The van der Waals surface area contributed by atoms with Gasteiger partial charge < -0.3 is 0 Å². The minimum atomic E-state index is 0. The van der Waals surface area contributed by atoms with Gasteiger partial charge in [0.25, 0.3) is 0 Å². The van der Waals surface area contributed by atoms with E-state index in [0.29, 0.717) is 0 Å². The first-order chi connectivity index (χ1) is 18.7. The first kappa shape index (κ1) is 25.0. The molecule has 0 spiro atoms. The molecular formula is C34H24IrN4. The number of nitrogens with zero attached hydrogens (tertiary/aromatic N) is 4. The largest absolute Gasteiger partial charge is 0.252 e. The van der Waals surface area contributed by atoms with E-state index in [1.54, 1.807) is 0 Å². The Morgan fingerprint density at radius 1 is 0.359 bits per heavy atom. The van der Waals surface area contributed by atoms with Crippen molar-refractivity contribution < 1.29 is 20.1 Å². The van der Waals surface area contributed by atoms with Crippen LogP contribution in [0.1, 0.15) is 11.4 Å². The van der Waals surface area contributed by atoms with Crippen molar-refractivity contribution in [2.45, 2.75) is 13.8 Å². The molecule has 0 N–H and O–H groups in total. The van der Waals surface area contributed by atoms with Crippen LogP contribution < -0.4 is 0 Å². The summed E-state index contributed by atoms with van der Waals surface area (Å²) in [5.74, 6) is 0. The van der Waals surface area contributed by atoms with Crippen molar-refractivity contribution in [2.24, 2.45) is 0 Å². The van der Waals surface area contributed by atoms with E-state index in [4.69, 9.17) is 9.97 Å². The molecule has 2 aromatic heterocycles. The van der Waals surface area contributed by atoms with Crippen molar-refractivity contribution in [2.75, 3.05) is 0 Å². The summed E-state index contributed by atoms with van der Waals surface area (Å²) in [5.41, 5.74) is 5.87. The Balaban J connectivity index is 0.000000138. The van der Waals surface area contributed by atoms with E-state index in [-0.39, 0.29) is 20.1 Å². The van der Waals surface area contributed by atoms with Crippen LogP contribution in [0.2, 0.25) is 0 Å². The van der Waals surface area contributed by atoms with Gasteiger partial charge in [-0.3, -0.25) is 9.97 Å². The zero-order valence-electron chi connectivity index (χ0n) is 21.5. The van der Waals surface area contributed by atoms with E-state index >= 15 is 0 Å². The van der Waals surface area contributed by atoms with E-state index in [1.807, 2.05) is 26.2 Å². The van der Waals surface area contributed by atoms with Crippen LogP contribution in [-0.2, 0) is 20.1 Å². The van der Waals surface area contributed by atoms with Crippen molar-refractivity contribution in [1.29, 1.82) is 0 Å².